The number of quaternary nitrogens is 1. The lowest BCUT2D eigenvalue weighted by Crippen LogP contribution is -3.14. The van der Waals surface area contributed by atoms with E-state index < -0.39 is 0 Å². The molecule has 1 aliphatic rings. The van der Waals surface area contributed by atoms with E-state index in [1.165, 1.54) is 23.3 Å². The van der Waals surface area contributed by atoms with Gasteiger partial charge in [-0.25, -0.2) is 0 Å². The minimum atomic E-state index is 0.195. The minimum absolute atomic E-state index is 0.195. The number of hydrogen-bond donors (Lipinski definition) is 1. The van der Waals surface area contributed by atoms with E-state index in [0.717, 1.165) is 42.3 Å². The Morgan fingerprint density at radius 3 is 2.33 bits per heavy atom. The Bertz CT molecular complexity index is 830. The van der Waals surface area contributed by atoms with Crippen molar-refractivity contribution in [2.45, 2.75) is 32.7 Å². The number of piperidine rings is 1. The van der Waals surface area contributed by atoms with Crippen molar-refractivity contribution < 1.29 is 19.2 Å². The standard InChI is InChI=1S/C25H34N2O3/c1-19-14-23(29-3)24(30-4)16-22(19)17-26(2)25(28)18-27-12-10-21(11-13-27)15-20-8-6-5-7-9-20/h5-9,14,16,21H,10-13,15,17-18H2,1-4H3/p+1. The molecule has 2 aromatic rings. The van der Waals surface area contributed by atoms with Crippen LogP contribution in [-0.4, -0.2) is 51.7 Å². The molecule has 1 fully saturated rings. The van der Waals surface area contributed by atoms with Crippen molar-refractivity contribution in [1.82, 2.24) is 4.90 Å². The molecule has 0 unspecified atom stereocenters. The van der Waals surface area contributed by atoms with Crippen LogP contribution in [0.3, 0.4) is 0 Å². The maximum atomic E-state index is 12.8. The molecular formula is C25H35N2O3+. The van der Waals surface area contributed by atoms with Crippen molar-refractivity contribution in [3.8, 4) is 11.5 Å². The van der Waals surface area contributed by atoms with Crippen molar-refractivity contribution in [3.05, 3.63) is 59.2 Å². The summed E-state index contributed by atoms with van der Waals surface area (Å²) in [6.45, 7) is 5.34. The van der Waals surface area contributed by atoms with Gasteiger partial charge in [0.1, 0.15) is 0 Å². The summed E-state index contributed by atoms with van der Waals surface area (Å²) in [4.78, 5) is 16.1. The number of likely N-dealkylation sites (N-methyl/N-ethyl adjacent to an activating group) is 1. The lowest BCUT2D eigenvalue weighted by atomic mass is 9.90. The molecule has 1 N–H and O–H groups in total. The molecule has 1 saturated heterocycles. The summed E-state index contributed by atoms with van der Waals surface area (Å²) in [6.07, 6.45) is 3.53. The Hall–Kier alpha value is -2.53. The van der Waals surface area contributed by atoms with E-state index >= 15 is 0 Å². The molecular weight excluding hydrogens is 376 g/mol. The van der Waals surface area contributed by atoms with Gasteiger partial charge in [0.25, 0.3) is 5.91 Å². The van der Waals surface area contributed by atoms with E-state index in [-0.39, 0.29) is 5.91 Å². The normalized spacial score (nSPS) is 18.7. The number of carbonyl (C=O) groups is 1. The summed E-state index contributed by atoms with van der Waals surface area (Å²) >= 11 is 0. The van der Waals surface area contributed by atoms with Gasteiger partial charge in [-0.1, -0.05) is 30.3 Å². The van der Waals surface area contributed by atoms with Gasteiger partial charge in [-0.15, -0.1) is 0 Å². The smallest absolute Gasteiger partial charge is 0.277 e. The minimum Gasteiger partial charge on any atom is -0.493 e. The lowest BCUT2D eigenvalue weighted by Gasteiger charge is -2.30. The highest BCUT2D eigenvalue weighted by Crippen LogP contribution is 2.30. The van der Waals surface area contributed by atoms with Gasteiger partial charge in [0.05, 0.1) is 27.3 Å². The number of benzene rings is 2. The second-order valence-corrected chi connectivity index (χ2v) is 8.44. The van der Waals surface area contributed by atoms with Gasteiger partial charge in [-0.05, 0) is 60.9 Å². The molecule has 0 bridgehead atoms. The number of carbonyl (C=O) groups excluding carboxylic acids is 1. The number of amides is 1. The van der Waals surface area contributed by atoms with Crippen LogP contribution in [0.5, 0.6) is 11.5 Å². The largest absolute Gasteiger partial charge is 0.493 e. The molecule has 2 aromatic carbocycles. The zero-order valence-corrected chi connectivity index (χ0v) is 18.7. The van der Waals surface area contributed by atoms with Crippen LogP contribution in [0.15, 0.2) is 42.5 Å². The summed E-state index contributed by atoms with van der Waals surface area (Å²) in [5.74, 6) is 2.35. The van der Waals surface area contributed by atoms with Gasteiger partial charge < -0.3 is 19.3 Å². The van der Waals surface area contributed by atoms with Gasteiger partial charge in [-0.2, -0.15) is 0 Å². The number of aryl methyl sites for hydroxylation is 1. The Labute approximate surface area is 180 Å². The Kier molecular flexibility index (Phi) is 7.75. The molecule has 0 aliphatic carbocycles. The zero-order chi connectivity index (χ0) is 21.5. The summed E-state index contributed by atoms with van der Waals surface area (Å²) in [5.41, 5.74) is 3.61. The Morgan fingerprint density at radius 2 is 1.70 bits per heavy atom. The monoisotopic (exact) mass is 411 g/mol. The fourth-order valence-electron chi connectivity index (χ4n) is 4.30. The third kappa shape index (κ3) is 5.76. The zero-order valence-electron chi connectivity index (χ0n) is 18.7. The van der Waals surface area contributed by atoms with Crippen molar-refractivity contribution in [3.63, 3.8) is 0 Å². The van der Waals surface area contributed by atoms with Crippen LogP contribution < -0.4 is 14.4 Å². The molecule has 0 spiro atoms. The highest BCUT2D eigenvalue weighted by Gasteiger charge is 2.25. The molecule has 1 heterocycles. The highest BCUT2D eigenvalue weighted by molar-refractivity contribution is 5.76. The van der Waals surface area contributed by atoms with E-state index in [1.807, 2.05) is 31.0 Å². The fourth-order valence-corrected chi connectivity index (χ4v) is 4.30. The Balaban J connectivity index is 1.49. The molecule has 1 amide bonds. The van der Waals surface area contributed by atoms with E-state index in [9.17, 15) is 4.79 Å². The first-order valence-electron chi connectivity index (χ1n) is 10.8. The molecule has 5 nitrogen and oxygen atoms in total. The molecule has 30 heavy (non-hydrogen) atoms. The predicted octanol–water partition coefficient (Wildman–Crippen LogP) is 2.51. The maximum absolute atomic E-state index is 12.8. The first kappa shape index (κ1) is 22.2. The van der Waals surface area contributed by atoms with Crippen LogP contribution in [0, 0.1) is 12.8 Å². The molecule has 5 heteroatoms. The lowest BCUT2D eigenvalue weighted by molar-refractivity contribution is -0.898. The van der Waals surface area contributed by atoms with Crippen molar-refractivity contribution in [2.24, 2.45) is 5.92 Å². The van der Waals surface area contributed by atoms with E-state index in [1.54, 1.807) is 14.2 Å². The van der Waals surface area contributed by atoms with E-state index in [0.29, 0.717) is 18.8 Å². The average Bonchev–Trinajstić information content (AvgIpc) is 2.76. The second-order valence-electron chi connectivity index (χ2n) is 8.44. The van der Waals surface area contributed by atoms with Gasteiger partial charge in [-0.3, -0.25) is 4.79 Å². The van der Waals surface area contributed by atoms with Crippen molar-refractivity contribution in [1.29, 1.82) is 0 Å². The molecule has 0 atom stereocenters. The number of nitrogens with zero attached hydrogens (tertiary/aromatic N) is 1. The van der Waals surface area contributed by atoms with Crippen molar-refractivity contribution in [2.75, 3.05) is 40.9 Å². The van der Waals surface area contributed by atoms with Crippen LogP contribution in [0.25, 0.3) is 0 Å². The highest BCUT2D eigenvalue weighted by atomic mass is 16.5. The summed E-state index contributed by atoms with van der Waals surface area (Å²) in [5, 5.41) is 0. The van der Waals surface area contributed by atoms with Crippen LogP contribution in [0.1, 0.15) is 29.5 Å². The van der Waals surface area contributed by atoms with Crippen molar-refractivity contribution >= 4 is 5.91 Å². The molecule has 1 aliphatic heterocycles. The molecule has 3 rings (SSSR count). The first-order chi connectivity index (χ1) is 14.5. The Morgan fingerprint density at radius 1 is 1.07 bits per heavy atom. The SMILES string of the molecule is COc1cc(C)c(CN(C)C(=O)C[NH+]2CCC(Cc3ccccc3)CC2)cc1OC. The van der Waals surface area contributed by atoms with Gasteiger partial charge in [0.2, 0.25) is 0 Å². The van der Waals surface area contributed by atoms with Gasteiger partial charge in [0, 0.05) is 13.6 Å². The molecule has 0 radical (unpaired) electrons. The van der Waals surface area contributed by atoms with E-state index in [2.05, 4.69) is 30.3 Å². The molecule has 162 valence electrons. The third-order valence-corrected chi connectivity index (χ3v) is 6.26. The summed E-state index contributed by atoms with van der Waals surface area (Å²) in [7, 11) is 5.16. The number of likely N-dealkylation sites (tertiary alicyclic amines) is 1. The third-order valence-electron chi connectivity index (χ3n) is 6.26. The van der Waals surface area contributed by atoms with Gasteiger partial charge >= 0.3 is 0 Å². The van der Waals surface area contributed by atoms with Gasteiger partial charge in [0.15, 0.2) is 18.0 Å². The predicted molar refractivity (Wildman–Crippen MR) is 119 cm³/mol. The number of nitrogens with one attached hydrogen (secondary N) is 1. The van der Waals surface area contributed by atoms with Crippen LogP contribution in [0.2, 0.25) is 0 Å². The van der Waals surface area contributed by atoms with E-state index in [4.69, 9.17) is 9.47 Å². The number of ether oxygens (including phenoxy) is 2. The molecule has 0 aromatic heterocycles. The number of rotatable bonds is 8. The summed E-state index contributed by atoms with van der Waals surface area (Å²) < 4.78 is 10.8. The number of hydrogen-bond acceptors (Lipinski definition) is 3. The van der Waals surface area contributed by atoms with Crippen LogP contribution in [-0.2, 0) is 17.8 Å². The number of methoxy groups -OCH3 is 2. The summed E-state index contributed by atoms with van der Waals surface area (Å²) in [6, 6.07) is 14.7. The van der Waals surface area contributed by atoms with Crippen LogP contribution in [0.4, 0.5) is 0 Å². The van der Waals surface area contributed by atoms with Crippen LogP contribution >= 0.6 is 0 Å². The topological polar surface area (TPSA) is 43.2 Å². The average molecular weight is 412 g/mol. The first-order valence-corrected chi connectivity index (χ1v) is 10.8. The fraction of sp³-hybridized carbons (Fsp3) is 0.480. The maximum Gasteiger partial charge on any atom is 0.277 e. The quantitative estimate of drug-likeness (QED) is 0.726. The second kappa shape index (κ2) is 10.5. The molecule has 0 saturated carbocycles.